The van der Waals surface area contributed by atoms with Crippen molar-refractivity contribution in [3.63, 3.8) is 0 Å². The molecule has 0 bridgehead atoms. The van der Waals surface area contributed by atoms with E-state index in [0.717, 1.165) is 83.9 Å². The minimum absolute atomic E-state index is 0.0585. The van der Waals surface area contributed by atoms with Crippen molar-refractivity contribution >= 4 is 39.1 Å². The lowest BCUT2D eigenvalue weighted by Crippen LogP contribution is -2.18. The number of fused-ring (bicyclic) bond motifs is 3. The third-order valence-electron chi connectivity index (χ3n) is 11.9. The van der Waals surface area contributed by atoms with Gasteiger partial charge in [-0.1, -0.05) is 156 Å². The van der Waals surface area contributed by atoms with Crippen LogP contribution in [-0.2, 0) is 21.7 Å². The second-order valence-electron chi connectivity index (χ2n) is 20.7. The molecule has 0 saturated heterocycles. The Morgan fingerprint density at radius 3 is 1.75 bits per heavy atom. The van der Waals surface area contributed by atoms with Crippen molar-refractivity contribution in [1.29, 1.82) is 0 Å². The molecule has 0 unspecified atom stereocenters. The number of hydrogen-bond donors (Lipinski definition) is 1. The van der Waals surface area contributed by atoms with Gasteiger partial charge in [-0.3, -0.25) is 9.47 Å². The monoisotopic (exact) mass is 804 g/mol. The van der Waals surface area contributed by atoms with Gasteiger partial charge >= 0.3 is 0 Å². The summed E-state index contributed by atoms with van der Waals surface area (Å²) in [7, 11) is 0. The molecule has 61 heavy (non-hydrogen) atoms. The van der Waals surface area contributed by atoms with Crippen molar-refractivity contribution in [2.45, 2.75) is 105 Å². The molecule has 0 aliphatic rings. The van der Waals surface area contributed by atoms with Gasteiger partial charge in [0, 0.05) is 39.5 Å². The minimum Gasteiger partial charge on any atom is -0.505 e. The van der Waals surface area contributed by atoms with E-state index >= 15 is 0 Å². The number of anilines is 3. The summed E-state index contributed by atoms with van der Waals surface area (Å²) >= 11 is 0. The van der Waals surface area contributed by atoms with Crippen LogP contribution in [0.5, 0.6) is 5.75 Å². The zero-order valence-corrected chi connectivity index (χ0v) is 38.0. The first kappa shape index (κ1) is 41.5. The van der Waals surface area contributed by atoms with Gasteiger partial charge in [0.25, 0.3) is 0 Å². The highest BCUT2D eigenvalue weighted by Gasteiger charge is 2.30. The molecular weight excluding hydrogens is 745 g/mol. The maximum absolute atomic E-state index is 12.4. The molecule has 8 aromatic rings. The second-order valence-corrected chi connectivity index (χ2v) is 20.7. The van der Waals surface area contributed by atoms with Gasteiger partial charge in [-0.25, -0.2) is 9.97 Å². The minimum atomic E-state index is -0.295. The molecule has 5 nitrogen and oxygen atoms in total. The number of benzene rings is 5. The summed E-state index contributed by atoms with van der Waals surface area (Å²) in [6, 6.07) is 47.3. The van der Waals surface area contributed by atoms with Crippen molar-refractivity contribution in [3.8, 4) is 33.8 Å². The van der Waals surface area contributed by atoms with E-state index in [1.165, 1.54) is 5.56 Å². The van der Waals surface area contributed by atoms with Crippen LogP contribution < -0.4 is 4.90 Å². The molecule has 3 heterocycles. The van der Waals surface area contributed by atoms with E-state index in [-0.39, 0.29) is 27.4 Å². The van der Waals surface area contributed by atoms with Gasteiger partial charge in [0.2, 0.25) is 0 Å². The Hall–Kier alpha value is -6.20. The van der Waals surface area contributed by atoms with Crippen LogP contribution in [0.1, 0.15) is 105 Å². The Bertz CT molecular complexity index is 2900. The highest BCUT2D eigenvalue weighted by atomic mass is 16.3. The Morgan fingerprint density at radius 1 is 0.492 bits per heavy atom. The highest BCUT2D eigenvalue weighted by molar-refractivity contribution is 6.09. The van der Waals surface area contributed by atoms with E-state index in [2.05, 4.69) is 214 Å². The van der Waals surface area contributed by atoms with Gasteiger partial charge < -0.3 is 5.11 Å². The Labute approximate surface area is 362 Å². The molecule has 0 spiro atoms. The zero-order valence-electron chi connectivity index (χ0n) is 38.0. The van der Waals surface area contributed by atoms with Gasteiger partial charge in [0.05, 0.1) is 16.9 Å². The van der Waals surface area contributed by atoms with Gasteiger partial charge in [0.15, 0.2) is 0 Å². The van der Waals surface area contributed by atoms with Crippen molar-refractivity contribution in [2.24, 2.45) is 0 Å². The Balaban J connectivity index is 1.42. The summed E-state index contributed by atoms with van der Waals surface area (Å²) in [6.45, 7) is 26.8. The van der Waals surface area contributed by atoms with Crippen LogP contribution >= 0.6 is 0 Å². The van der Waals surface area contributed by atoms with Gasteiger partial charge in [-0.2, -0.15) is 0 Å². The SMILES string of the molecule is CC(C)(C)c1cc(-n2c3ccc(C(C)(C)C)cc3c3cc(C(C)(C)C)c(-c4cccc(N(c5ccccc5)c5cc(-c6ccccc6)ccn5)c4)nc32)c(O)c(C(C)(C)C)c1. The average Bonchev–Trinajstić information content (AvgIpc) is 3.53. The number of aromatic hydroxyl groups is 1. The molecule has 0 aliphatic heterocycles. The fourth-order valence-electron chi connectivity index (χ4n) is 8.36. The number of nitrogens with zero attached hydrogens (tertiary/aromatic N) is 4. The van der Waals surface area contributed by atoms with Crippen molar-refractivity contribution < 1.29 is 5.11 Å². The van der Waals surface area contributed by atoms with Gasteiger partial charge in [-0.15, -0.1) is 0 Å². The van der Waals surface area contributed by atoms with Crippen LogP contribution in [0.15, 0.2) is 140 Å². The van der Waals surface area contributed by atoms with Gasteiger partial charge in [0.1, 0.15) is 17.2 Å². The maximum atomic E-state index is 12.4. The first-order valence-corrected chi connectivity index (χ1v) is 21.6. The fraction of sp³-hybridized carbons (Fsp3) is 0.286. The predicted molar refractivity (Wildman–Crippen MR) is 258 cm³/mol. The standard InChI is InChI=1S/C56H60N4O/c1-53(2,3)39-26-27-47-43(32-39)44-35-45(55(7,8)9)50(58-52(44)60(47)48-34-40(54(4,5)6)33-46(51(48)61)56(10,11)12)38-22-19-25-42(30-38)59(41-23-17-14-18-24-41)49-31-37(28-29-57-49)36-20-15-13-16-21-36/h13-35,61H,1-12H3. The fourth-order valence-corrected chi connectivity index (χ4v) is 8.36. The molecule has 0 amide bonds. The van der Waals surface area contributed by atoms with Crippen molar-refractivity contribution in [1.82, 2.24) is 14.5 Å². The van der Waals surface area contributed by atoms with E-state index < -0.39 is 0 Å². The molecule has 0 fully saturated rings. The molecular formula is C56H60N4O. The lowest BCUT2D eigenvalue weighted by Gasteiger charge is -2.28. The number of phenolic OH excluding ortho intramolecular Hbond substituents is 1. The number of phenols is 1. The number of pyridine rings is 2. The summed E-state index contributed by atoms with van der Waals surface area (Å²) < 4.78 is 2.21. The lowest BCUT2D eigenvalue weighted by molar-refractivity contribution is 0.442. The zero-order chi connectivity index (χ0) is 43.6. The Morgan fingerprint density at radius 2 is 1.11 bits per heavy atom. The summed E-state index contributed by atoms with van der Waals surface area (Å²) in [5, 5.41) is 14.6. The smallest absolute Gasteiger partial charge is 0.146 e. The molecule has 0 aliphatic carbocycles. The summed E-state index contributed by atoms with van der Waals surface area (Å²) in [5.41, 5.74) is 12.4. The van der Waals surface area contributed by atoms with Crippen molar-refractivity contribution in [3.05, 3.63) is 162 Å². The number of para-hydroxylation sites is 1. The van der Waals surface area contributed by atoms with Crippen molar-refractivity contribution in [2.75, 3.05) is 4.90 Å². The maximum Gasteiger partial charge on any atom is 0.146 e. The van der Waals surface area contributed by atoms with E-state index in [0.29, 0.717) is 0 Å². The second kappa shape index (κ2) is 15.1. The predicted octanol–water partition coefficient (Wildman–Crippen LogP) is 15.3. The molecule has 0 saturated carbocycles. The molecule has 3 aromatic heterocycles. The summed E-state index contributed by atoms with van der Waals surface area (Å²) in [5.74, 6) is 1.11. The lowest BCUT2D eigenvalue weighted by atomic mass is 9.79. The number of rotatable bonds is 6. The van der Waals surface area contributed by atoms with Crippen LogP contribution in [0.3, 0.4) is 0 Å². The van der Waals surface area contributed by atoms with Gasteiger partial charge in [-0.05, 0) is 110 Å². The van der Waals surface area contributed by atoms with E-state index in [4.69, 9.17) is 9.97 Å². The number of hydrogen-bond acceptors (Lipinski definition) is 4. The largest absolute Gasteiger partial charge is 0.505 e. The summed E-state index contributed by atoms with van der Waals surface area (Å²) in [4.78, 5) is 12.9. The van der Waals surface area contributed by atoms with Crippen LogP contribution in [0.25, 0.3) is 50.0 Å². The molecule has 8 rings (SSSR count). The van der Waals surface area contributed by atoms with Crippen LogP contribution in [-0.4, -0.2) is 19.6 Å². The third-order valence-corrected chi connectivity index (χ3v) is 11.9. The normalized spacial score (nSPS) is 12.7. The molecule has 5 heteroatoms. The third kappa shape index (κ3) is 7.94. The number of aromatic nitrogens is 3. The van der Waals surface area contributed by atoms with E-state index in [1.54, 1.807) is 0 Å². The van der Waals surface area contributed by atoms with E-state index in [9.17, 15) is 5.11 Å². The molecule has 0 atom stereocenters. The molecule has 1 N–H and O–H groups in total. The molecule has 5 aromatic carbocycles. The topological polar surface area (TPSA) is 54.2 Å². The Kier molecular flexibility index (Phi) is 10.3. The van der Waals surface area contributed by atoms with Crippen LogP contribution in [0, 0.1) is 0 Å². The first-order chi connectivity index (χ1) is 28.7. The van der Waals surface area contributed by atoms with Crippen LogP contribution in [0.2, 0.25) is 0 Å². The summed E-state index contributed by atoms with van der Waals surface area (Å²) in [6.07, 6.45) is 1.89. The quantitative estimate of drug-likeness (QED) is 0.182. The van der Waals surface area contributed by atoms with Crippen LogP contribution in [0.4, 0.5) is 17.2 Å². The average molecular weight is 805 g/mol. The molecule has 0 radical (unpaired) electrons. The highest BCUT2D eigenvalue weighted by Crippen LogP contribution is 2.46. The first-order valence-electron chi connectivity index (χ1n) is 21.6. The molecule has 310 valence electrons. The van der Waals surface area contributed by atoms with E-state index in [1.807, 2.05) is 18.3 Å².